The molecule has 0 spiro atoms. The van der Waals surface area contributed by atoms with Crippen molar-refractivity contribution >= 4 is 36.6 Å². The maximum atomic E-state index is 14.0. The lowest BCUT2D eigenvalue weighted by atomic mass is 10.0. The summed E-state index contributed by atoms with van der Waals surface area (Å²) < 4.78 is 32.7. The number of methoxy groups -OCH3 is 1. The number of allylic oxidation sites excluding steroid dienone is 1. The Morgan fingerprint density at radius 1 is 1.23 bits per heavy atom. The van der Waals surface area contributed by atoms with Crippen molar-refractivity contribution in [3.8, 4) is 5.75 Å². The van der Waals surface area contributed by atoms with Crippen molar-refractivity contribution in [2.45, 2.75) is 57.7 Å². The van der Waals surface area contributed by atoms with Crippen LogP contribution in [-0.2, 0) is 18.6 Å². The summed E-state index contributed by atoms with van der Waals surface area (Å²) >= 11 is 0. The topological polar surface area (TPSA) is 156 Å². The molecule has 0 saturated heterocycles. The molecule has 13 heteroatoms. The van der Waals surface area contributed by atoms with Gasteiger partial charge in [-0.3, -0.25) is 9.32 Å². The van der Waals surface area contributed by atoms with Crippen molar-refractivity contribution in [3.05, 3.63) is 48.8 Å². The van der Waals surface area contributed by atoms with Gasteiger partial charge in [0.2, 0.25) is 5.95 Å². The van der Waals surface area contributed by atoms with Gasteiger partial charge in [0.1, 0.15) is 11.8 Å². The van der Waals surface area contributed by atoms with Crippen molar-refractivity contribution in [2.24, 2.45) is 11.8 Å². The molecule has 12 nitrogen and oxygen atoms in total. The number of nitrogens with two attached hydrogens (primary N) is 1. The first-order valence-corrected chi connectivity index (χ1v) is 15.1. The van der Waals surface area contributed by atoms with E-state index in [1.165, 1.54) is 7.11 Å². The van der Waals surface area contributed by atoms with Gasteiger partial charge in [-0.05, 0) is 37.3 Å². The van der Waals surface area contributed by atoms with Gasteiger partial charge in [0.25, 0.3) is 0 Å². The summed E-state index contributed by atoms with van der Waals surface area (Å²) in [7, 11) is -2.67. The van der Waals surface area contributed by atoms with Crippen molar-refractivity contribution < 1.29 is 23.1 Å². The molecule has 2 aromatic heterocycles. The average molecular weight is 570 g/mol. The predicted molar refractivity (Wildman–Crippen MR) is 152 cm³/mol. The number of aromatic nitrogens is 4. The third-order valence-corrected chi connectivity index (χ3v) is 8.79. The van der Waals surface area contributed by atoms with Crippen LogP contribution in [0.5, 0.6) is 5.75 Å². The number of nitrogen functional groups attached to an aromatic ring is 1. The van der Waals surface area contributed by atoms with Crippen molar-refractivity contribution in [3.63, 3.8) is 0 Å². The minimum absolute atomic E-state index is 0.0491. The predicted octanol–water partition coefficient (Wildman–Crippen LogP) is 4.48. The number of carbonyl (C=O) groups is 1. The number of fused-ring (bicyclic) bond motifs is 1. The van der Waals surface area contributed by atoms with Gasteiger partial charge in [0.15, 0.2) is 17.0 Å². The van der Waals surface area contributed by atoms with Gasteiger partial charge in [-0.15, -0.1) is 0 Å². The van der Waals surface area contributed by atoms with E-state index in [-0.39, 0.29) is 30.4 Å². The molecular weight excluding hydrogens is 533 g/mol. The number of esters is 1. The van der Waals surface area contributed by atoms with Gasteiger partial charge in [-0.25, -0.2) is 9.55 Å². The molecule has 2 aliphatic rings. The van der Waals surface area contributed by atoms with E-state index < -0.39 is 19.8 Å². The fraction of sp³-hybridized carbons (Fsp3) is 0.481. The lowest BCUT2D eigenvalue weighted by Gasteiger charge is -2.27. The summed E-state index contributed by atoms with van der Waals surface area (Å²) in [5.74, 6) is 0.439. The van der Waals surface area contributed by atoms with E-state index in [1.807, 2.05) is 36.6 Å². The maximum absolute atomic E-state index is 14.0. The Kier molecular flexibility index (Phi) is 8.39. The number of benzene rings is 1. The molecule has 1 unspecified atom stereocenters. The highest BCUT2D eigenvalue weighted by molar-refractivity contribution is 7.52. The Bertz CT molecular complexity index is 1410. The Balaban J connectivity index is 1.30. The van der Waals surface area contributed by atoms with Crippen LogP contribution in [0.3, 0.4) is 0 Å². The number of hydrogen-bond acceptors (Lipinski definition) is 10. The minimum atomic E-state index is -3.97. The second-order valence-electron chi connectivity index (χ2n) is 10.3. The van der Waals surface area contributed by atoms with Crippen LogP contribution in [0.2, 0.25) is 0 Å². The van der Waals surface area contributed by atoms with Crippen LogP contribution in [0.15, 0.2) is 48.8 Å². The molecule has 2 heterocycles. The first-order valence-electron chi connectivity index (χ1n) is 13.6. The van der Waals surface area contributed by atoms with Crippen LogP contribution in [0.1, 0.15) is 45.6 Å². The number of carbonyl (C=O) groups excluding carboxylic acids is 1. The standard InChI is InChI=1S/C27H36N7O5P/c1-4-17(2)22(26(35)37-3)33-40(36,39-21-8-6-5-7-9-21)38-15-18-10-13-20(14-18)34-16-29-23-24(30-19-11-12-19)31-27(28)32-25(23)34/h5-10,13,16-20,22H,4,11-12,14-15H2,1-3H3,(H,33,36)(H3,28,30,31,32)/t17-,18+,20-,22-,40?/m0/s1. The van der Waals surface area contributed by atoms with Crippen LogP contribution in [0, 0.1) is 11.8 Å². The summed E-state index contributed by atoms with van der Waals surface area (Å²) in [6.07, 6.45) is 9.34. The highest BCUT2D eigenvalue weighted by atomic mass is 31.2. The zero-order valence-corrected chi connectivity index (χ0v) is 23.8. The number of para-hydroxylation sites is 1. The van der Waals surface area contributed by atoms with Gasteiger partial charge < -0.3 is 24.9 Å². The number of hydrogen-bond donors (Lipinski definition) is 3. The molecule has 4 N–H and O–H groups in total. The lowest BCUT2D eigenvalue weighted by molar-refractivity contribution is -0.144. The van der Waals surface area contributed by atoms with Crippen molar-refractivity contribution in [1.29, 1.82) is 0 Å². The molecule has 5 rings (SSSR count). The van der Waals surface area contributed by atoms with E-state index in [0.717, 1.165) is 12.8 Å². The number of nitrogens with one attached hydrogen (secondary N) is 2. The molecule has 1 saturated carbocycles. The van der Waals surface area contributed by atoms with Gasteiger partial charge in [-0.1, -0.05) is 50.6 Å². The van der Waals surface area contributed by atoms with Crippen LogP contribution in [-0.4, -0.2) is 51.3 Å². The van der Waals surface area contributed by atoms with Crippen LogP contribution in [0.4, 0.5) is 11.8 Å². The Hall–Kier alpha value is -3.47. The summed E-state index contributed by atoms with van der Waals surface area (Å²) in [6, 6.07) is 8.23. The number of rotatable bonds is 13. The fourth-order valence-electron chi connectivity index (χ4n) is 4.63. The third kappa shape index (κ3) is 6.46. The molecular formula is C27H36N7O5P. The molecule has 40 heavy (non-hydrogen) atoms. The van der Waals surface area contributed by atoms with E-state index in [0.29, 0.717) is 41.6 Å². The molecule has 1 fully saturated rings. The molecule has 1 aromatic carbocycles. The largest absolute Gasteiger partial charge is 0.468 e. The van der Waals surface area contributed by atoms with Gasteiger partial charge >= 0.3 is 13.7 Å². The Morgan fingerprint density at radius 2 is 2.00 bits per heavy atom. The maximum Gasteiger partial charge on any atom is 0.459 e. The minimum Gasteiger partial charge on any atom is -0.468 e. The quantitative estimate of drug-likeness (QED) is 0.152. The summed E-state index contributed by atoms with van der Waals surface area (Å²) in [4.78, 5) is 25.9. The smallest absolute Gasteiger partial charge is 0.459 e. The normalized spacial score (nSPS) is 21.6. The van der Waals surface area contributed by atoms with Crippen LogP contribution in [0.25, 0.3) is 11.2 Å². The zero-order chi connectivity index (χ0) is 28.3. The molecule has 0 amide bonds. The van der Waals surface area contributed by atoms with Gasteiger partial charge in [0, 0.05) is 12.0 Å². The first kappa shape index (κ1) is 28.1. The van der Waals surface area contributed by atoms with E-state index in [2.05, 4.69) is 25.4 Å². The highest BCUT2D eigenvalue weighted by Gasteiger charge is 2.38. The van der Waals surface area contributed by atoms with E-state index >= 15 is 0 Å². The Labute approximate surface area is 233 Å². The summed E-state index contributed by atoms with van der Waals surface area (Å²) in [5, 5.41) is 6.24. The van der Waals surface area contributed by atoms with Crippen molar-refractivity contribution in [2.75, 3.05) is 24.8 Å². The number of imidazole rings is 1. The molecule has 0 aliphatic heterocycles. The summed E-state index contributed by atoms with van der Waals surface area (Å²) in [6.45, 7) is 3.93. The molecule has 0 radical (unpaired) electrons. The van der Waals surface area contributed by atoms with Crippen molar-refractivity contribution in [1.82, 2.24) is 24.6 Å². The van der Waals surface area contributed by atoms with E-state index in [1.54, 1.807) is 30.6 Å². The second kappa shape index (κ2) is 12.0. The van der Waals surface area contributed by atoms with Gasteiger partial charge in [-0.2, -0.15) is 15.1 Å². The Morgan fingerprint density at radius 3 is 2.70 bits per heavy atom. The summed E-state index contributed by atoms with van der Waals surface area (Å²) in [5.41, 5.74) is 7.34. The first-order chi connectivity index (χ1) is 19.3. The van der Waals surface area contributed by atoms with Gasteiger partial charge in [0.05, 0.1) is 26.1 Å². The van der Waals surface area contributed by atoms with E-state index in [4.69, 9.17) is 19.5 Å². The number of nitrogens with zero attached hydrogens (tertiary/aromatic N) is 4. The second-order valence-corrected chi connectivity index (χ2v) is 12.0. The molecule has 5 atom stereocenters. The van der Waals surface area contributed by atoms with Crippen LogP contribution < -0.4 is 20.7 Å². The lowest BCUT2D eigenvalue weighted by Crippen LogP contribution is -2.42. The third-order valence-electron chi connectivity index (χ3n) is 7.26. The highest BCUT2D eigenvalue weighted by Crippen LogP contribution is 2.47. The molecule has 3 aromatic rings. The molecule has 214 valence electrons. The molecule has 0 bridgehead atoms. The SMILES string of the molecule is CC[C@H](C)[C@H](NP(=O)(OC[C@@H]1C=C[C@H](n2cnc3c(NC4CC4)nc(N)nc32)C1)Oc1ccccc1)C(=O)OC. The number of ether oxygens (including phenoxy) is 1. The zero-order valence-electron chi connectivity index (χ0n) is 22.9. The van der Waals surface area contributed by atoms with Crippen LogP contribution >= 0.6 is 7.75 Å². The number of anilines is 2. The monoisotopic (exact) mass is 569 g/mol. The fourth-order valence-corrected chi connectivity index (χ4v) is 6.30. The molecule has 2 aliphatic carbocycles. The van der Waals surface area contributed by atoms with E-state index in [9.17, 15) is 9.36 Å². The average Bonchev–Trinajstić information content (AvgIpc) is 3.47.